The molecule has 1 N–H and O–H groups in total. The molecule has 5 nitrogen and oxygen atoms in total. The van der Waals surface area contributed by atoms with Gasteiger partial charge in [0.1, 0.15) is 5.75 Å². The Morgan fingerprint density at radius 1 is 1.17 bits per heavy atom. The zero-order valence-corrected chi connectivity index (χ0v) is 13.8. The van der Waals surface area contributed by atoms with Gasteiger partial charge in [-0.1, -0.05) is 35.9 Å². The van der Waals surface area contributed by atoms with Crippen molar-refractivity contribution >= 4 is 17.5 Å². The van der Waals surface area contributed by atoms with Crippen molar-refractivity contribution in [2.45, 2.75) is 19.9 Å². The molecule has 24 heavy (non-hydrogen) atoms. The summed E-state index contributed by atoms with van der Waals surface area (Å²) in [6.07, 6.45) is 0.354. The molecule has 124 valence electrons. The fourth-order valence-electron chi connectivity index (χ4n) is 2.58. The van der Waals surface area contributed by atoms with E-state index in [1.54, 1.807) is 11.9 Å². The van der Waals surface area contributed by atoms with Crippen LogP contribution >= 0.6 is 0 Å². The Kier molecular flexibility index (Phi) is 4.51. The Labute approximate surface area is 141 Å². The first kappa shape index (κ1) is 16.1. The van der Waals surface area contributed by atoms with Gasteiger partial charge in [-0.3, -0.25) is 9.59 Å². The lowest BCUT2D eigenvalue weighted by Gasteiger charge is -2.26. The average molecular weight is 324 g/mol. The molecule has 0 saturated carbocycles. The molecule has 1 aliphatic rings. The van der Waals surface area contributed by atoms with Crippen LogP contribution in [0, 0.1) is 6.92 Å². The van der Waals surface area contributed by atoms with E-state index in [-0.39, 0.29) is 18.4 Å². The Hall–Kier alpha value is -2.82. The Morgan fingerprint density at radius 3 is 2.62 bits per heavy atom. The van der Waals surface area contributed by atoms with E-state index in [0.29, 0.717) is 18.7 Å². The number of anilines is 1. The van der Waals surface area contributed by atoms with Crippen LogP contribution in [0.4, 0.5) is 5.69 Å². The van der Waals surface area contributed by atoms with Crippen molar-refractivity contribution in [1.29, 1.82) is 0 Å². The Bertz CT molecular complexity index is 769. The molecule has 0 fully saturated rings. The third-order valence-corrected chi connectivity index (χ3v) is 4.08. The molecule has 2 aromatic carbocycles. The highest BCUT2D eigenvalue weighted by Gasteiger charge is 2.22. The minimum absolute atomic E-state index is 0.0303. The van der Waals surface area contributed by atoms with Gasteiger partial charge in [0, 0.05) is 13.6 Å². The van der Waals surface area contributed by atoms with Gasteiger partial charge < -0.3 is 15.0 Å². The first-order chi connectivity index (χ1) is 11.5. The topological polar surface area (TPSA) is 58.6 Å². The van der Waals surface area contributed by atoms with E-state index >= 15 is 0 Å². The number of rotatable bonds is 4. The van der Waals surface area contributed by atoms with Gasteiger partial charge in [-0.2, -0.15) is 0 Å². The third-order valence-electron chi connectivity index (χ3n) is 4.08. The second-order valence-corrected chi connectivity index (χ2v) is 5.98. The summed E-state index contributed by atoms with van der Waals surface area (Å²) >= 11 is 0. The zero-order chi connectivity index (χ0) is 17.1. The van der Waals surface area contributed by atoms with E-state index in [0.717, 1.165) is 16.8 Å². The largest absolute Gasteiger partial charge is 0.482 e. The van der Waals surface area contributed by atoms with Crippen LogP contribution in [-0.2, 0) is 22.6 Å². The molecule has 0 spiro atoms. The van der Waals surface area contributed by atoms with E-state index < -0.39 is 0 Å². The molecule has 1 aliphatic heterocycles. The molecule has 0 aliphatic carbocycles. The first-order valence-electron chi connectivity index (χ1n) is 7.87. The fraction of sp³-hybridized carbons (Fsp3) is 0.263. The van der Waals surface area contributed by atoms with Crippen LogP contribution in [0.2, 0.25) is 0 Å². The number of carbonyl (C=O) groups is 2. The standard InChI is InChI=1S/C19H20N2O3/c1-13-3-5-14(6-4-13)10-18(22)20-11-15-7-8-17-16(9-15)21(2)19(23)12-24-17/h3-9H,10-12H2,1-2H3,(H,20,22). The lowest BCUT2D eigenvalue weighted by molar-refractivity contribution is -0.121. The van der Waals surface area contributed by atoms with Crippen molar-refractivity contribution in [2.24, 2.45) is 0 Å². The fourth-order valence-corrected chi connectivity index (χ4v) is 2.58. The Morgan fingerprint density at radius 2 is 1.88 bits per heavy atom. The molecular formula is C19H20N2O3. The number of aryl methyl sites for hydroxylation is 1. The number of nitrogens with one attached hydrogen (secondary N) is 1. The summed E-state index contributed by atoms with van der Waals surface area (Å²) in [5, 5.41) is 2.91. The quantitative estimate of drug-likeness (QED) is 0.938. The summed E-state index contributed by atoms with van der Waals surface area (Å²) in [6.45, 7) is 2.50. The molecule has 2 amide bonds. The Balaban J connectivity index is 1.61. The molecule has 0 aromatic heterocycles. The van der Waals surface area contributed by atoms with Crippen molar-refractivity contribution < 1.29 is 14.3 Å². The summed E-state index contributed by atoms with van der Waals surface area (Å²) in [5.74, 6) is 0.576. The smallest absolute Gasteiger partial charge is 0.264 e. The molecule has 1 heterocycles. The number of hydrogen-bond acceptors (Lipinski definition) is 3. The average Bonchev–Trinajstić information content (AvgIpc) is 2.59. The number of nitrogens with zero attached hydrogens (tertiary/aromatic N) is 1. The van der Waals surface area contributed by atoms with Crippen LogP contribution in [0.15, 0.2) is 42.5 Å². The summed E-state index contributed by atoms with van der Waals surface area (Å²) < 4.78 is 5.40. The van der Waals surface area contributed by atoms with Crippen molar-refractivity contribution in [3.63, 3.8) is 0 Å². The van der Waals surface area contributed by atoms with Crippen LogP contribution in [0.1, 0.15) is 16.7 Å². The molecule has 5 heteroatoms. The second kappa shape index (κ2) is 6.74. The van der Waals surface area contributed by atoms with E-state index in [2.05, 4.69) is 5.32 Å². The molecule has 0 bridgehead atoms. The molecule has 0 atom stereocenters. The molecule has 0 radical (unpaired) electrons. The highest BCUT2D eigenvalue weighted by Crippen LogP contribution is 2.31. The normalized spacial score (nSPS) is 13.2. The maximum absolute atomic E-state index is 12.1. The number of ether oxygens (including phenoxy) is 1. The zero-order valence-electron chi connectivity index (χ0n) is 13.8. The molecule has 0 saturated heterocycles. The lowest BCUT2D eigenvalue weighted by atomic mass is 10.1. The summed E-state index contributed by atoms with van der Waals surface area (Å²) in [5.41, 5.74) is 3.82. The lowest BCUT2D eigenvalue weighted by Crippen LogP contribution is -2.35. The van der Waals surface area contributed by atoms with Crippen LogP contribution in [0.25, 0.3) is 0 Å². The summed E-state index contributed by atoms with van der Waals surface area (Å²) in [4.78, 5) is 25.3. The third kappa shape index (κ3) is 3.56. The van der Waals surface area contributed by atoms with Gasteiger partial charge in [0.05, 0.1) is 12.1 Å². The van der Waals surface area contributed by atoms with Gasteiger partial charge >= 0.3 is 0 Å². The molecule has 2 aromatic rings. The maximum Gasteiger partial charge on any atom is 0.264 e. The van der Waals surface area contributed by atoms with Crippen LogP contribution < -0.4 is 15.0 Å². The van der Waals surface area contributed by atoms with Gasteiger partial charge in [-0.15, -0.1) is 0 Å². The summed E-state index contributed by atoms with van der Waals surface area (Å²) in [6, 6.07) is 13.5. The molecule has 3 rings (SSSR count). The van der Waals surface area contributed by atoms with Gasteiger partial charge in [0.15, 0.2) is 6.61 Å². The van der Waals surface area contributed by atoms with Gasteiger partial charge in [-0.05, 0) is 30.2 Å². The van der Waals surface area contributed by atoms with Crippen molar-refractivity contribution in [3.05, 3.63) is 59.2 Å². The van der Waals surface area contributed by atoms with E-state index in [4.69, 9.17) is 4.74 Å². The van der Waals surface area contributed by atoms with Crippen LogP contribution in [0.3, 0.4) is 0 Å². The number of carbonyl (C=O) groups excluding carboxylic acids is 2. The first-order valence-corrected chi connectivity index (χ1v) is 7.87. The van der Waals surface area contributed by atoms with Crippen molar-refractivity contribution in [1.82, 2.24) is 5.32 Å². The van der Waals surface area contributed by atoms with E-state index in [9.17, 15) is 9.59 Å². The predicted octanol–water partition coefficient (Wildman–Crippen LogP) is 2.21. The molecular weight excluding hydrogens is 304 g/mol. The van der Waals surface area contributed by atoms with Gasteiger partial charge in [0.25, 0.3) is 5.91 Å². The highest BCUT2D eigenvalue weighted by molar-refractivity contribution is 5.97. The van der Waals surface area contributed by atoms with E-state index in [1.807, 2.05) is 49.4 Å². The van der Waals surface area contributed by atoms with Crippen molar-refractivity contribution in [3.8, 4) is 5.75 Å². The van der Waals surface area contributed by atoms with E-state index in [1.165, 1.54) is 5.56 Å². The van der Waals surface area contributed by atoms with Gasteiger partial charge in [0.2, 0.25) is 5.91 Å². The minimum Gasteiger partial charge on any atom is -0.482 e. The number of benzene rings is 2. The maximum atomic E-state index is 12.1. The van der Waals surface area contributed by atoms with Crippen LogP contribution in [-0.4, -0.2) is 25.5 Å². The number of fused-ring (bicyclic) bond motifs is 1. The number of likely N-dealkylation sites (N-methyl/N-ethyl adjacent to an activating group) is 1. The van der Waals surface area contributed by atoms with Crippen molar-refractivity contribution in [2.75, 3.05) is 18.6 Å². The van der Waals surface area contributed by atoms with Gasteiger partial charge in [-0.25, -0.2) is 0 Å². The monoisotopic (exact) mass is 324 g/mol. The second-order valence-electron chi connectivity index (χ2n) is 5.98. The molecule has 0 unspecified atom stereocenters. The summed E-state index contributed by atoms with van der Waals surface area (Å²) in [7, 11) is 1.73. The number of amides is 2. The SMILES string of the molecule is Cc1ccc(CC(=O)NCc2ccc3c(c2)N(C)C(=O)CO3)cc1. The highest BCUT2D eigenvalue weighted by atomic mass is 16.5. The van der Waals surface area contributed by atoms with Crippen LogP contribution in [0.5, 0.6) is 5.75 Å². The minimum atomic E-state index is -0.0805. The number of hydrogen-bond donors (Lipinski definition) is 1. The predicted molar refractivity (Wildman–Crippen MR) is 92.1 cm³/mol.